The number of likely N-dealkylation sites (tertiary alicyclic amines) is 1. The number of ether oxygens (including phenoxy) is 1. The zero-order valence-electron chi connectivity index (χ0n) is 12.4. The molecule has 1 N–H and O–H groups in total. The summed E-state index contributed by atoms with van der Waals surface area (Å²) < 4.78 is 5.39. The Balaban J connectivity index is 2.11. The molecule has 4 heteroatoms. The highest BCUT2D eigenvalue weighted by atomic mass is 16.5. The molecule has 1 fully saturated rings. The number of carbonyl (C=O) groups is 1. The van der Waals surface area contributed by atoms with Crippen molar-refractivity contribution in [3.8, 4) is 0 Å². The molecule has 1 heterocycles. The molecule has 0 aromatic heterocycles. The predicted molar refractivity (Wildman–Crippen MR) is 81.2 cm³/mol. The summed E-state index contributed by atoms with van der Waals surface area (Å²) in [6.07, 6.45) is 3.26. The van der Waals surface area contributed by atoms with Gasteiger partial charge in [-0.1, -0.05) is 19.1 Å². The predicted octanol–water partition coefficient (Wildman–Crippen LogP) is 2.76. The highest BCUT2D eigenvalue weighted by Gasteiger charge is 2.25. The fourth-order valence-electron chi connectivity index (χ4n) is 2.57. The van der Waals surface area contributed by atoms with Crippen LogP contribution in [0.4, 0.5) is 5.69 Å². The Bertz CT molecular complexity index is 448. The fourth-order valence-corrected chi connectivity index (χ4v) is 2.57. The third kappa shape index (κ3) is 3.51. The molecule has 1 saturated heterocycles. The van der Waals surface area contributed by atoms with Gasteiger partial charge in [-0.15, -0.1) is 0 Å². The van der Waals surface area contributed by atoms with E-state index < -0.39 is 0 Å². The third-order valence-corrected chi connectivity index (χ3v) is 3.72. The first-order valence-corrected chi connectivity index (χ1v) is 7.41. The maximum absolute atomic E-state index is 12.7. The van der Waals surface area contributed by atoms with E-state index in [0.717, 1.165) is 43.6 Å². The van der Waals surface area contributed by atoms with Crippen LogP contribution in [-0.4, -0.2) is 43.7 Å². The van der Waals surface area contributed by atoms with Crippen LogP contribution in [-0.2, 0) is 4.74 Å². The second kappa shape index (κ2) is 7.29. The lowest BCUT2D eigenvalue weighted by atomic mass is 10.1. The molecule has 110 valence electrons. The molecule has 1 atom stereocenters. The molecular formula is C16H24N2O2. The average molecular weight is 276 g/mol. The normalized spacial score (nSPS) is 18.9. The van der Waals surface area contributed by atoms with Crippen LogP contribution >= 0.6 is 0 Å². The summed E-state index contributed by atoms with van der Waals surface area (Å²) in [5.41, 5.74) is 1.69. The lowest BCUT2D eigenvalue weighted by Gasteiger charge is -2.32. The number of carbonyl (C=O) groups excluding carboxylic acids is 1. The second-order valence-corrected chi connectivity index (χ2v) is 5.22. The fraction of sp³-hybridized carbons (Fsp3) is 0.562. The first kappa shape index (κ1) is 14.9. The van der Waals surface area contributed by atoms with Crippen LogP contribution < -0.4 is 5.32 Å². The summed E-state index contributed by atoms with van der Waals surface area (Å²) in [6, 6.07) is 7.75. The maximum atomic E-state index is 12.7. The maximum Gasteiger partial charge on any atom is 0.256 e. The van der Waals surface area contributed by atoms with Gasteiger partial charge >= 0.3 is 0 Å². The van der Waals surface area contributed by atoms with Crippen LogP contribution in [0, 0.1) is 0 Å². The number of methoxy groups -OCH3 is 1. The number of piperidine rings is 1. The molecule has 1 unspecified atom stereocenters. The zero-order valence-corrected chi connectivity index (χ0v) is 12.4. The van der Waals surface area contributed by atoms with E-state index in [9.17, 15) is 4.79 Å². The van der Waals surface area contributed by atoms with E-state index in [1.54, 1.807) is 7.11 Å². The highest BCUT2D eigenvalue weighted by molar-refractivity contribution is 5.99. The Morgan fingerprint density at radius 2 is 2.25 bits per heavy atom. The van der Waals surface area contributed by atoms with Crippen molar-refractivity contribution in [1.29, 1.82) is 0 Å². The van der Waals surface area contributed by atoms with Crippen LogP contribution in [0.5, 0.6) is 0 Å². The van der Waals surface area contributed by atoms with E-state index in [2.05, 4.69) is 12.2 Å². The van der Waals surface area contributed by atoms with Crippen molar-refractivity contribution in [3.63, 3.8) is 0 Å². The zero-order chi connectivity index (χ0) is 14.4. The number of hydrogen-bond acceptors (Lipinski definition) is 3. The number of rotatable bonds is 5. The molecule has 0 saturated carbocycles. The Labute approximate surface area is 121 Å². The van der Waals surface area contributed by atoms with E-state index in [4.69, 9.17) is 4.74 Å². The van der Waals surface area contributed by atoms with Gasteiger partial charge in [-0.05, 0) is 31.4 Å². The van der Waals surface area contributed by atoms with Crippen molar-refractivity contribution < 1.29 is 9.53 Å². The molecule has 1 aromatic carbocycles. The van der Waals surface area contributed by atoms with Gasteiger partial charge in [-0.2, -0.15) is 0 Å². The second-order valence-electron chi connectivity index (χ2n) is 5.22. The molecule has 1 aliphatic rings. The number of nitrogens with one attached hydrogen (secondary N) is 1. The van der Waals surface area contributed by atoms with E-state index in [1.165, 1.54) is 0 Å². The summed E-state index contributed by atoms with van der Waals surface area (Å²) >= 11 is 0. The first-order chi connectivity index (χ1) is 9.76. The van der Waals surface area contributed by atoms with E-state index >= 15 is 0 Å². The molecule has 0 radical (unpaired) electrons. The molecule has 1 amide bonds. The van der Waals surface area contributed by atoms with Gasteiger partial charge in [0, 0.05) is 32.4 Å². The van der Waals surface area contributed by atoms with E-state index in [-0.39, 0.29) is 12.0 Å². The van der Waals surface area contributed by atoms with Gasteiger partial charge < -0.3 is 15.0 Å². The number of amides is 1. The van der Waals surface area contributed by atoms with Crippen molar-refractivity contribution in [3.05, 3.63) is 29.8 Å². The number of para-hydroxylation sites is 1. The summed E-state index contributed by atoms with van der Waals surface area (Å²) in [6.45, 7) is 4.51. The number of benzene rings is 1. The number of hydrogen-bond donors (Lipinski definition) is 1. The monoisotopic (exact) mass is 276 g/mol. The number of nitrogens with zero attached hydrogens (tertiary/aromatic N) is 1. The third-order valence-electron chi connectivity index (χ3n) is 3.72. The Morgan fingerprint density at radius 3 is 3.00 bits per heavy atom. The van der Waals surface area contributed by atoms with E-state index in [1.807, 2.05) is 29.2 Å². The standard InChI is InChI=1S/C16H24N2O2/c1-3-10-17-15-9-5-4-8-14(15)16(19)18-11-6-7-13(12-18)20-2/h4-5,8-9,13,17H,3,6-7,10-12H2,1-2H3. The summed E-state index contributed by atoms with van der Waals surface area (Å²) in [4.78, 5) is 14.6. The molecule has 1 aliphatic heterocycles. The minimum atomic E-state index is 0.103. The Morgan fingerprint density at radius 1 is 1.45 bits per heavy atom. The van der Waals surface area contributed by atoms with Crippen LogP contribution in [0.2, 0.25) is 0 Å². The summed E-state index contributed by atoms with van der Waals surface area (Å²) in [7, 11) is 1.72. The SMILES string of the molecule is CCCNc1ccccc1C(=O)N1CCCC(OC)C1. The molecule has 0 aliphatic carbocycles. The lowest BCUT2D eigenvalue weighted by Crippen LogP contribution is -2.43. The largest absolute Gasteiger partial charge is 0.384 e. The van der Waals surface area contributed by atoms with Gasteiger partial charge in [0.1, 0.15) is 0 Å². The topological polar surface area (TPSA) is 41.6 Å². The molecule has 4 nitrogen and oxygen atoms in total. The molecule has 20 heavy (non-hydrogen) atoms. The molecule has 1 aromatic rings. The van der Waals surface area contributed by atoms with Crippen LogP contribution in [0.3, 0.4) is 0 Å². The Kier molecular flexibility index (Phi) is 5.41. The highest BCUT2D eigenvalue weighted by Crippen LogP contribution is 2.20. The first-order valence-electron chi connectivity index (χ1n) is 7.41. The average Bonchev–Trinajstić information content (AvgIpc) is 2.52. The molecule has 2 rings (SSSR count). The van der Waals surface area contributed by atoms with Crippen molar-refractivity contribution in [2.45, 2.75) is 32.3 Å². The smallest absolute Gasteiger partial charge is 0.256 e. The van der Waals surface area contributed by atoms with Crippen LogP contribution in [0.1, 0.15) is 36.5 Å². The van der Waals surface area contributed by atoms with Gasteiger partial charge in [0.05, 0.1) is 11.7 Å². The van der Waals surface area contributed by atoms with Crippen LogP contribution in [0.15, 0.2) is 24.3 Å². The quantitative estimate of drug-likeness (QED) is 0.899. The van der Waals surface area contributed by atoms with Gasteiger partial charge in [0.2, 0.25) is 0 Å². The van der Waals surface area contributed by atoms with Gasteiger partial charge in [-0.25, -0.2) is 0 Å². The minimum absolute atomic E-state index is 0.103. The van der Waals surface area contributed by atoms with Crippen LogP contribution in [0.25, 0.3) is 0 Å². The van der Waals surface area contributed by atoms with Crippen molar-refractivity contribution in [2.75, 3.05) is 32.1 Å². The van der Waals surface area contributed by atoms with E-state index in [0.29, 0.717) is 6.54 Å². The molecule has 0 bridgehead atoms. The Hall–Kier alpha value is -1.55. The van der Waals surface area contributed by atoms with Gasteiger partial charge in [0.15, 0.2) is 0 Å². The molecule has 0 spiro atoms. The molecular weight excluding hydrogens is 252 g/mol. The van der Waals surface area contributed by atoms with Gasteiger partial charge in [0.25, 0.3) is 5.91 Å². The van der Waals surface area contributed by atoms with Crippen molar-refractivity contribution in [1.82, 2.24) is 4.90 Å². The minimum Gasteiger partial charge on any atom is -0.384 e. The van der Waals surface area contributed by atoms with Gasteiger partial charge in [-0.3, -0.25) is 4.79 Å². The summed E-state index contributed by atoms with van der Waals surface area (Å²) in [5, 5.41) is 3.33. The lowest BCUT2D eigenvalue weighted by molar-refractivity contribution is 0.0269. The van der Waals surface area contributed by atoms with Crippen molar-refractivity contribution >= 4 is 11.6 Å². The van der Waals surface area contributed by atoms with Crippen molar-refractivity contribution in [2.24, 2.45) is 0 Å². The summed E-state index contributed by atoms with van der Waals surface area (Å²) in [5.74, 6) is 0.103. The number of anilines is 1.